The molecule has 4 aromatic rings. The summed E-state index contributed by atoms with van der Waals surface area (Å²) in [5.74, 6) is -2.95. The van der Waals surface area contributed by atoms with Gasteiger partial charge in [-0.15, -0.1) is 0 Å². The molecule has 0 aliphatic carbocycles. The molecule has 5 heterocycles. The van der Waals surface area contributed by atoms with Gasteiger partial charge >= 0.3 is 0 Å². The van der Waals surface area contributed by atoms with Gasteiger partial charge in [0.25, 0.3) is 23.3 Å². The van der Waals surface area contributed by atoms with Gasteiger partial charge in [0.1, 0.15) is 42.3 Å². The summed E-state index contributed by atoms with van der Waals surface area (Å²) in [6, 6.07) is 7.65. The molecule has 6 rings (SSSR count). The second kappa shape index (κ2) is 14.8. The van der Waals surface area contributed by atoms with Crippen molar-refractivity contribution in [3.05, 3.63) is 106 Å². The molecule has 2 aliphatic rings. The highest BCUT2D eigenvalue weighted by molar-refractivity contribution is 5.98. The molecule has 16 nitrogen and oxygen atoms in total. The lowest BCUT2D eigenvalue weighted by molar-refractivity contribution is -0.126. The van der Waals surface area contributed by atoms with Crippen molar-refractivity contribution in [2.75, 3.05) is 6.54 Å². The first-order valence-corrected chi connectivity index (χ1v) is 16.6. The molecule has 0 radical (unpaired) electrons. The normalized spacial score (nSPS) is 22.7. The summed E-state index contributed by atoms with van der Waals surface area (Å²) in [6.45, 7) is 5.35. The standard InChI is InChI=1S/C35H38N8O8/c1-18(2)12-23-30(46)37-19(3)33-42-26(17-50-33)35(49)43-15-21(38-29(45)22-10-7-11-36-28(22)44)14-27(43)32(48)40-24(13-20-8-5-4-6-9-20)34-41-25(16-51-34)31(47)39-23/h4-11,16-19,21,23-24,27H,12-15H2,1-3H3,(H,36,44)(H,37,46)(H,38,45)(H,39,47)(H,40,48)/t19-,21+,23-,24+,27+/m1/s1. The fraction of sp³-hybridized carbons (Fsp3) is 0.371. The Morgan fingerprint density at radius 1 is 0.902 bits per heavy atom. The zero-order valence-corrected chi connectivity index (χ0v) is 28.2. The van der Waals surface area contributed by atoms with E-state index in [0.717, 1.165) is 18.1 Å². The molecule has 3 aromatic heterocycles. The van der Waals surface area contributed by atoms with E-state index in [1.807, 2.05) is 44.2 Å². The van der Waals surface area contributed by atoms with Gasteiger partial charge in [0.15, 0.2) is 11.4 Å². The van der Waals surface area contributed by atoms with Gasteiger partial charge in [0.05, 0.1) is 0 Å². The summed E-state index contributed by atoms with van der Waals surface area (Å²) in [6.07, 6.45) is 4.22. The largest absolute Gasteiger partial charge is 0.446 e. The molecular weight excluding hydrogens is 660 g/mol. The lowest BCUT2D eigenvalue weighted by Gasteiger charge is -2.25. The fourth-order valence-electron chi connectivity index (χ4n) is 6.19. The van der Waals surface area contributed by atoms with E-state index < -0.39 is 65.3 Å². The van der Waals surface area contributed by atoms with Gasteiger partial charge in [0, 0.05) is 25.2 Å². The van der Waals surface area contributed by atoms with Crippen molar-refractivity contribution in [3.8, 4) is 0 Å². The molecule has 1 aromatic carbocycles. The highest BCUT2D eigenvalue weighted by atomic mass is 16.3. The number of pyridine rings is 1. The molecule has 5 amide bonds. The number of amides is 5. The van der Waals surface area contributed by atoms with Crippen LogP contribution in [0.2, 0.25) is 0 Å². The SMILES string of the molecule is CC(C)C[C@H]1NC(=O)c2coc(n2)[C@H](Cc2ccccc2)NC(=O)[C@@H]2C[C@H](NC(=O)c3ccc[nH]c3=O)CN2C(=O)c2coc(n2)[C@@H](C)NC1=O. The van der Waals surface area contributed by atoms with Gasteiger partial charge in [-0.1, -0.05) is 44.2 Å². The summed E-state index contributed by atoms with van der Waals surface area (Å²) in [5.41, 5.74) is -0.109. The Labute approximate surface area is 291 Å². The van der Waals surface area contributed by atoms with Crippen molar-refractivity contribution >= 4 is 29.5 Å². The van der Waals surface area contributed by atoms with Crippen LogP contribution < -0.4 is 26.8 Å². The molecule has 1 saturated heterocycles. The number of aromatic nitrogens is 3. The van der Waals surface area contributed by atoms with Crippen LogP contribution in [0.1, 0.15) is 94.4 Å². The third kappa shape index (κ3) is 7.90. The van der Waals surface area contributed by atoms with Crippen molar-refractivity contribution < 1.29 is 32.8 Å². The first-order chi connectivity index (χ1) is 24.5. The third-order valence-electron chi connectivity index (χ3n) is 8.71. The number of oxazole rings is 2. The average Bonchev–Trinajstić information content (AvgIpc) is 3.88. The zero-order valence-electron chi connectivity index (χ0n) is 28.2. The summed E-state index contributed by atoms with van der Waals surface area (Å²) in [4.78, 5) is 92.8. The summed E-state index contributed by atoms with van der Waals surface area (Å²) in [7, 11) is 0. The Balaban J connectivity index is 1.36. The van der Waals surface area contributed by atoms with E-state index in [-0.39, 0.29) is 54.0 Å². The van der Waals surface area contributed by atoms with Crippen molar-refractivity contribution in [1.82, 2.24) is 41.1 Å². The number of rotatable bonds is 6. The number of benzene rings is 1. The van der Waals surface area contributed by atoms with Crippen molar-refractivity contribution in [1.29, 1.82) is 0 Å². The number of aromatic amines is 1. The Bertz CT molecular complexity index is 1990. The van der Waals surface area contributed by atoms with E-state index >= 15 is 0 Å². The monoisotopic (exact) mass is 698 g/mol. The molecule has 2 aliphatic heterocycles. The first kappa shape index (κ1) is 34.8. The molecule has 4 bridgehead atoms. The maximum atomic E-state index is 14.2. The van der Waals surface area contributed by atoms with E-state index in [1.165, 1.54) is 23.2 Å². The number of H-pyrrole nitrogens is 1. The molecule has 16 heteroatoms. The van der Waals surface area contributed by atoms with Crippen LogP contribution in [0.4, 0.5) is 0 Å². The second-order valence-corrected chi connectivity index (χ2v) is 13.1. The van der Waals surface area contributed by atoms with Crippen LogP contribution in [0, 0.1) is 5.92 Å². The molecular formula is C35H38N8O8. The maximum absolute atomic E-state index is 14.2. The Morgan fingerprint density at radius 3 is 2.37 bits per heavy atom. The first-order valence-electron chi connectivity index (χ1n) is 16.6. The van der Waals surface area contributed by atoms with Crippen LogP contribution in [-0.4, -0.2) is 74.1 Å². The van der Waals surface area contributed by atoms with Gasteiger partial charge in [0.2, 0.25) is 23.6 Å². The molecule has 5 atom stereocenters. The van der Waals surface area contributed by atoms with Crippen LogP contribution in [0.5, 0.6) is 0 Å². The zero-order chi connectivity index (χ0) is 36.2. The molecule has 0 spiro atoms. The fourth-order valence-corrected chi connectivity index (χ4v) is 6.19. The maximum Gasteiger partial charge on any atom is 0.276 e. The Kier molecular flexibility index (Phi) is 10.1. The Hall–Kier alpha value is -6.06. The van der Waals surface area contributed by atoms with E-state index in [4.69, 9.17) is 8.83 Å². The van der Waals surface area contributed by atoms with Gasteiger partial charge in [-0.3, -0.25) is 28.8 Å². The number of hydrogen-bond acceptors (Lipinski definition) is 10. The molecule has 266 valence electrons. The van der Waals surface area contributed by atoms with E-state index in [1.54, 1.807) is 6.92 Å². The second-order valence-electron chi connectivity index (χ2n) is 13.1. The molecule has 0 unspecified atom stereocenters. The van der Waals surface area contributed by atoms with Crippen LogP contribution in [-0.2, 0) is 16.0 Å². The number of nitrogens with one attached hydrogen (secondary N) is 5. The van der Waals surface area contributed by atoms with Gasteiger partial charge < -0.3 is 40.0 Å². The van der Waals surface area contributed by atoms with Crippen molar-refractivity contribution in [2.24, 2.45) is 5.92 Å². The third-order valence-corrected chi connectivity index (χ3v) is 8.71. The molecule has 51 heavy (non-hydrogen) atoms. The van der Waals surface area contributed by atoms with Crippen LogP contribution in [0.15, 0.2) is 74.8 Å². The number of nitrogens with zero attached hydrogens (tertiary/aromatic N) is 3. The lowest BCUT2D eigenvalue weighted by atomic mass is 10.0. The van der Waals surface area contributed by atoms with Gasteiger partial charge in [-0.2, -0.15) is 0 Å². The minimum absolute atomic E-state index is 0.000242. The van der Waals surface area contributed by atoms with Crippen molar-refractivity contribution in [2.45, 2.75) is 70.2 Å². The summed E-state index contributed by atoms with van der Waals surface area (Å²) in [5, 5.41) is 11.2. The van der Waals surface area contributed by atoms with E-state index in [0.29, 0.717) is 6.42 Å². The van der Waals surface area contributed by atoms with Gasteiger partial charge in [-0.25, -0.2) is 9.97 Å². The summed E-state index contributed by atoms with van der Waals surface area (Å²) < 4.78 is 11.3. The number of hydrogen-bond donors (Lipinski definition) is 5. The highest BCUT2D eigenvalue weighted by Crippen LogP contribution is 2.25. The predicted molar refractivity (Wildman–Crippen MR) is 179 cm³/mol. The van der Waals surface area contributed by atoms with Crippen molar-refractivity contribution in [3.63, 3.8) is 0 Å². The molecule has 1 fully saturated rings. The minimum atomic E-state index is -1.11. The predicted octanol–water partition coefficient (Wildman–Crippen LogP) is 1.80. The average molecular weight is 699 g/mol. The topological polar surface area (TPSA) is 222 Å². The Morgan fingerprint density at radius 2 is 1.63 bits per heavy atom. The quantitative estimate of drug-likeness (QED) is 0.196. The molecule has 0 saturated carbocycles. The minimum Gasteiger partial charge on any atom is -0.446 e. The van der Waals surface area contributed by atoms with E-state index in [2.05, 4.69) is 36.2 Å². The number of carbonyl (C=O) groups excluding carboxylic acids is 5. The van der Waals surface area contributed by atoms with Gasteiger partial charge in [-0.05, 0) is 43.4 Å². The van der Waals surface area contributed by atoms with Crippen LogP contribution >= 0.6 is 0 Å². The molecule has 5 N–H and O–H groups in total. The smallest absolute Gasteiger partial charge is 0.276 e. The van der Waals surface area contributed by atoms with E-state index in [9.17, 15) is 28.8 Å². The highest BCUT2D eigenvalue weighted by Gasteiger charge is 2.43. The van der Waals surface area contributed by atoms with Crippen LogP contribution in [0.25, 0.3) is 0 Å². The lowest BCUT2D eigenvalue weighted by Crippen LogP contribution is -2.48. The van der Waals surface area contributed by atoms with Crippen LogP contribution in [0.3, 0.4) is 0 Å². The number of carbonyl (C=O) groups is 5. The summed E-state index contributed by atoms with van der Waals surface area (Å²) >= 11 is 0. The number of fused-ring (bicyclic) bond motifs is 5.